The third-order valence-electron chi connectivity index (χ3n) is 3.71. The van der Waals surface area contributed by atoms with E-state index in [1.54, 1.807) is 0 Å². The fourth-order valence-electron chi connectivity index (χ4n) is 2.26. The molecule has 1 saturated heterocycles. The van der Waals surface area contributed by atoms with Crippen molar-refractivity contribution in [1.29, 1.82) is 0 Å². The largest absolute Gasteiger partial charge is 0.493 e. The van der Waals surface area contributed by atoms with E-state index in [4.69, 9.17) is 14.2 Å². The Morgan fingerprint density at radius 1 is 1.24 bits per heavy atom. The number of benzene rings is 1. The van der Waals surface area contributed by atoms with Gasteiger partial charge in [0.2, 0.25) is 0 Å². The molecular weight excluding hydrogens is 266 g/mol. The first-order valence-corrected chi connectivity index (χ1v) is 7.97. The number of rotatable bonds is 8. The summed E-state index contributed by atoms with van der Waals surface area (Å²) in [4.78, 5) is 2.43. The molecule has 1 aliphatic rings. The van der Waals surface area contributed by atoms with E-state index in [1.165, 1.54) is 0 Å². The van der Waals surface area contributed by atoms with Crippen LogP contribution in [0.5, 0.6) is 11.5 Å². The van der Waals surface area contributed by atoms with Crippen molar-refractivity contribution in [2.45, 2.75) is 32.8 Å². The molecule has 0 bridgehead atoms. The number of morpholine rings is 1. The second kappa shape index (κ2) is 8.90. The third-order valence-corrected chi connectivity index (χ3v) is 3.71. The van der Waals surface area contributed by atoms with Crippen molar-refractivity contribution in [3.8, 4) is 11.5 Å². The summed E-state index contributed by atoms with van der Waals surface area (Å²) in [6.45, 7) is 9.81. The molecule has 1 fully saturated rings. The van der Waals surface area contributed by atoms with E-state index in [1.807, 2.05) is 24.3 Å². The van der Waals surface area contributed by atoms with Crippen molar-refractivity contribution in [2.24, 2.45) is 0 Å². The third kappa shape index (κ3) is 5.94. The summed E-state index contributed by atoms with van der Waals surface area (Å²) in [6, 6.07) is 7.92. The first-order chi connectivity index (χ1) is 10.3. The quantitative estimate of drug-likeness (QED) is 0.690. The molecule has 4 nitrogen and oxygen atoms in total. The number of hydrogen-bond donors (Lipinski definition) is 0. The van der Waals surface area contributed by atoms with Gasteiger partial charge in [-0.2, -0.15) is 0 Å². The lowest BCUT2D eigenvalue weighted by Crippen LogP contribution is -2.37. The lowest BCUT2D eigenvalue weighted by molar-refractivity contribution is 0.0358. The van der Waals surface area contributed by atoms with Crippen LogP contribution in [0.1, 0.15) is 26.7 Å². The van der Waals surface area contributed by atoms with Crippen molar-refractivity contribution in [1.82, 2.24) is 4.90 Å². The van der Waals surface area contributed by atoms with Gasteiger partial charge in [0.25, 0.3) is 0 Å². The summed E-state index contributed by atoms with van der Waals surface area (Å²) in [5, 5.41) is 0. The molecule has 0 saturated carbocycles. The predicted octanol–water partition coefficient (Wildman–Crippen LogP) is 2.97. The van der Waals surface area contributed by atoms with Crippen LogP contribution in [0.25, 0.3) is 0 Å². The molecule has 1 heterocycles. The van der Waals surface area contributed by atoms with Gasteiger partial charge in [0.05, 0.1) is 25.9 Å². The van der Waals surface area contributed by atoms with Gasteiger partial charge < -0.3 is 14.2 Å². The van der Waals surface area contributed by atoms with Crippen molar-refractivity contribution in [3.05, 3.63) is 24.3 Å². The maximum atomic E-state index is 5.82. The van der Waals surface area contributed by atoms with E-state index in [0.29, 0.717) is 0 Å². The molecule has 4 heteroatoms. The Bertz CT molecular complexity index is 405. The molecule has 21 heavy (non-hydrogen) atoms. The molecule has 1 aliphatic heterocycles. The number of ether oxygens (including phenoxy) is 3. The van der Waals surface area contributed by atoms with E-state index in [2.05, 4.69) is 18.7 Å². The summed E-state index contributed by atoms with van der Waals surface area (Å²) in [5.74, 6) is 1.77. The van der Waals surface area contributed by atoms with Crippen LogP contribution in [0.4, 0.5) is 0 Å². The smallest absolute Gasteiger partial charge is 0.123 e. The standard InChI is InChI=1S/C17H27NO3/c1-3-15(2)21-17-7-4-6-16(14-17)20-11-5-8-18-9-12-19-13-10-18/h4,6-7,14-15H,3,5,8-13H2,1-2H3/t15-/m0/s1. The second-order valence-electron chi connectivity index (χ2n) is 5.47. The van der Waals surface area contributed by atoms with Gasteiger partial charge in [-0.1, -0.05) is 13.0 Å². The Labute approximate surface area is 128 Å². The summed E-state index contributed by atoms with van der Waals surface area (Å²) in [5.41, 5.74) is 0. The summed E-state index contributed by atoms with van der Waals surface area (Å²) in [6.07, 6.45) is 2.28. The average molecular weight is 293 g/mol. The first-order valence-electron chi connectivity index (χ1n) is 7.97. The Balaban J connectivity index is 1.68. The molecule has 1 atom stereocenters. The Hall–Kier alpha value is -1.26. The Morgan fingerprint density at radius 2 is 2.00 bits per heavy atom. The van der Waals surface area contributed by atoms with Crippen molar-refractivity contribution in [3.63, 3.8) is 0 Å². The van der Waals surface area contributed by atoms with Gasteiger partial charge in [0.1, 0.15) is 11.5 Å². The summed E-state index contributed by atoms with van der Waals surface area (Å²) >= 11 is 0. The van der Waals surface area contributed by atoms with Gasteiger partial charge in [-0.25, -0.2) is 0 Å². The molecule has 1 aromatic rings. The van der Waals surface area contributed by atoms with Crippen molar-refractivity contribution in [2.75, 3.05) is 39.5 Å². The molecule has 2 rings (SSSR count). The lowest BCUT2D eigenvalue weighted by Gasteiger charge is -2.26. The van der Waals surface area contributed by atoms with Crippen molar-refractivity contribution < 1.29 is 14.2 Å². The van der Waals surface area contributed by atoms with Crippen LogP contribution in [-0.4, -0.2) is 50.5 Å². The zero-order chi connectivity index (χ0) is 14.9. The van der Waals surface area contributed by atoms with E-state index in [0.717, 1.165) is 63.8 Å². The second-order valence-corrected chi connectivity index (χ2v) is 5.47. The highest BCUT2D eigenvalue weighted by molar-refractivity contribution is 5.33. The number of nitrogens with zero attached hydrogens (tertiary/aromatic N) is 1. The van der Waals surface area contributed by atoms with Crippen LogP contribution in [0, 0.1) is 0 Å². The van der Waals surface area contributed by atoms with Gasteiger partial charge >= 0.3 is 0 Å². The zero-order valence-electron chi connectivity index (χ0n) is 13.2. The van der Waals surface area contributed by atoms with E-state index in [-0.39, 0.29) is 6.10 Å². The molecular formula is C17H27NO3. The molecule has 0 N–H and O–H groups in total. The fourth-order valence-corrected chi connectivity index (χ4v) is 2.26. The zero-order valence-corrected chi connectivity index (χ0v) is 13.2. The van der Waals surface area contributed by atoms with Crippen LogP contribution in [0.3, 0.4) is 0 Å². The van der Waals surface area contributed by atoms with Gasteiger partial charge in [-0.15, -0.1) is 0 Å². The molecule has 0 spiro atoms. The molecule has 0 amide bonds. The van der Waals surface area contributed by atoms with Crippen LogP contribution < -0.4 is 9.47 Å². The Morgan fingerprint density at radius 3 is 2.76 bits per heavy atom. The molecule has 0 aliphatic carbocycles. The average Bonchev–Trinajstić information content (AvgIpc) is 2.53. The van der Waals surface area contributed by atoms with E-state index < -0.39 is 0 Å². The van der Waals surface area contributed by atoms with Crippen LogP contribution >= 0.6 is 0 Å². The normalized spacial score (nSPS) is 17.4. The molecule has 1 aromatic carbocycles. The minimum Gasteiger partial charge on any atom is -0.493 e. The van der Waals surface area contributed by atoms with Gasteiger partial charge in [0, 0.05) is 25.7 Å². The molecule has 0 radical (unpaired) electrons. The SMILES string of the molecule is CC[C@H](C)Oc1cccc(OCCCN2CCOCC2)c1. The molecule has 0 aromatic heterocycles. The maximum absolute atomic E-state index is 5.82. The highest BCUT2D eigenvalue weighted by Gasteiger charge is 2.09. The maximum Gasteiger partial charge on any atom is 0.123 e. The minimum atomic E-state index is 0.238. The van der Waals surface area contributed by atoms with E-state index >= 15 is 0 Å². The minimum absolute atomic E-state index is 0.238. The summed E-state index contributed by atoms with van der Waals surface area (Å²) < 4.78 is 17.0. The topological polar surface area (TPSA) is 30.9 Å². The predicted molar refractivity (Wildman–Crippen MR) is 84.2 cm³/mol. The first kappa shape index (κ1) is 16.1. The van der Waals surface area contributed by atoms with Gasteiger partial charge in [-0.05, 0) is 31.9 Å². The monoisotopic (exact) mass is 293 g/mol. The Kier molecular flexibility index (Phi) is 6.83. The van der Waals surface area contributed by atoms with Gasteiger partial charge in [-0.3, -0.25) is 4.90 Å². The number of hydrogen-bond acceptors (Lipinski definition) is 4. The molecule has 118 valence electrons. The van der Waals surface area contributed by atoms with Crippen LogP contribution in [0.15, 0.2) is 24.3 Å². The highest BCUT2D eigenvalue weighted by atomic mass is 16.5. The highest BCUT2D eigenvalue weighted by Crippen LogP contribution is 2.21. The van der Waals surface area contributed by atoms with Crippen LogP contribution in [0.2, 0.25) is 0 Å². The summed E-state index contributed by atoms with van der Waals surface area (Å²) in [7, 11) is 0. The lowest BCUT2D eigenvalue weighted by atomic mass is 10.3. The van der Waals surface area contributed by atoms with Crippen LogP contribution in [-0.2, 0) is 4.74 Å². The van der Waals surface area contributed by atoms with Crippen molar-refractivity contribution >= 4 is 0 Å². The van der Waals surface area contributed by atoms with E-state index in [9.17, 15) is 0 Å². The molecule has 0 unspecified atom stereocenters. The van der Waals surface area contributed by atoms with Gasteiger partial charge in [0.15, 0.2) is 0 Å². The fraction of sp³-hybridized carbons (Fsp3) is 0.647.